The maximum atomic E-state index is 14.0. The Labute approximate surface area is 153 Å². The van der Waals surface area contributed by atoms with Crippen molar-refractivity contribution in [2.75, 3.05) is 27.3 Å². The Bertz CT molecular complexity index is 747. The summed E-state index contributed by atoms with van der Waals surface area (Å²) in [5, 5.41) is 0. The number of carbonyl (C=O) groups is 1. The molecule has 0 aliphatic carbocycles. The Morgan fingerprint density at radius 3 is 2.54 bits per heavy atom. The van der Waals surface area contributed by atoms with Crippen molar-refractivity contribution in [2.24, 2.45) is 5.92 Å². The molecule has 4 nitrogen and oxygen atoms in total. The lowest BCUT2D eigenvalue weighted by atomic mass is 9.88. The van der Waals surface area contributed by atoms with Gasteiger partial charge in [0.05, 0.1) is 18.8 Å². The molecular weight excluding hydrogens is 333 g/mol. The summed E-state index contributed by atoms with van der Waals surface area (Å²) in [6, 6.07) is 14.1. The van der Waals surface area contributed by atoms with E-state index in [0.29, 0.717) is 13.1 Å². The molecule has 1 aliphatic heterocycles. The standard InChI is InChI=1S/C21H24FNO3/c1-25-17-9-7-15(8-10-17)13-16-14-23(12-11-20(16)26-2)21(24)18-5-3-4-6-19(18)22/h3-10,16,20H,11-14H2,1-2H3/t16-,20+/m0/s1. The van der Waals surface area contributed by atoms with Crippen LogP contribution < -0.4 is 4.74 Å². The monoisotopic (exact) mass is 357 g/mol. The number of benzene rings is 2. The first-order valence-corrected chi connectivity index (χ1v) is 8.82. The van der Waals surface area contributed by atoms with Crippen LogP contribution in [0.5, 0.6) is 5.75 Å². The summed E-state index contributed by atoms with van der Waals surface area (Å²) in [7, 11) is 3.35. The van der Waals surface area contributed by atoms with E-state index in [1.54, 1.807) is 37.3 Å². The van der Waals surface area contributed by atoms with E-state index in [2.05, 4.69) is 0 Å². The zero-order valence-electron chi connectivity index (χ0n) is 15.2. The third-order valence-corrected chi connectivity index (χ3v) is 5.02. The van der Waals surface area contributed by atoms with Crippen LogP contribution in [0.1, 0.15) is 22.3 Å². The minimum Gasteiger partial charge on any atom is -0.497 e. The average Bonchev–Trinajstić information content (AvgIpc) is 2.68. The second-order valence-electron chi connectivity index (χ2n) is 6.61. The van der Waals surface area contributed by atoms with Crippen LogP contribution in [-0.2, 0) is 11.2 Å². The summed E-state index contributed by atoms with van der Waals surface area (Å²) in [5.74, 6) is 0.255. The number of carbonyl (C=O) groups excluding carboxylic acids is 1. The van der Waals surface area contributed by atoms with E-state index in [-0.39, 0.29) is 23.5 Å². The van der Waals surface area contributed by atoms with Crippen LogP contribution >= 0.6 is 0 Å². The van der Waals surface area contributed by atoms with Crippen molar-refractivity contribution in [1.82, 2.24) is 4.90 Å². The largest absolute Gasteiger partial charge is 0.497 e. The predicted octanol–water partition coefficient (Wildman–Crippen LogP) is 3.55. The van der Waals surface area contributed by atoms with Crippen molar-refractivity contribution >= 4 is 5.91 Å². The van der Waals surface area contributed by atoms with Crippen LogP contribution in [0.25, 0.3) is 0 Å². The van der Waals surface area contributed by atoms with Crippen LogP contribution in [0.15, 0.2) is 48.5 Å². The topological polar surface area (TPSA) is 38.8 Å². The smallest absolute Gasteiger partial charge is 0.256 e. The van der Waals surface area contributed by atoms with Gasteiger partial charge in [-0.15, -0.1) is 0 Å². The van der Waals surface area contributed by atoms with Gasteiger partial charge >= 0.3 is 0 Å². The Morgan fingerprint density at radius 1 is 1.15 bits per heavy atom. The van der Waals surface area contributed by atoms with Gasteiger partial charge in [-0.1, -0.05) is 24.3 Å². The number of methoxy groups -OCH3 is 2. The van der Waals surface area contributed by atoms with E-state index in [1.165, 1.54) is 6.07 Å². The number of hydrogen-bond donors (Lipinski definition) is 0. The highest BCUT2D eigenvalue weighted by Gasteiger charge is 2.32. The maximum absolute atomic E-state index is 14.0. The molecular formula is C21H24FNO3. The molecule has 1 heterocycles. The van der Waals surface area contributed by atoms with E-state index in [0.717, 1.165) is 24.2 Å². The van der Waals surface area contributed by atoms with Gasteiger partial charge in [-0.05, 0) is 42.7 Å². The molecule has 1 fully saturated rings. The number of ether oxygens (including phenoxy) is 2. The number of piperidine rings is 1. The summed E-state index contributed by atoms with van der Waals surface area (Å²) in [4.78, 5) is 14.5. The van der Waals surface area contributed by atoms with Crippen molar-refractivity contribution < 1.29 is 18.7 Å². The lowest BCUT2D eigenvalue weighted by Crippen LogP contribution is -2.47. The highest BCUT2D eigenvalue weighted by Crippen LogP contribution is 2.26. The number of halogens is 1. The van der Waals surface area contributed by atoms with Crippen molar-refractivity contribution in [2.45, 2.75) is 18.9 Å². The fourth-order valence-corrected chi connectivity index (χ4v) is 3.57. The predicted molar refractivity (Wildman–Crippen MR) is 97.9 cm³/mol. The Kier molecular flexibility index (Phi) is 5.89. The number of nitrogens with zero attached hydrogens (tertiary/aromatic N) is 1. The fourth-order valence-electron chi connectivity index (χ4n) is 3.57. The van der Waals surface area contributed by atoms with Gasteiger partial charge in [0, 0.05) is 26.1 Å². The number of rotatable bonds is 5. The zero-order valence-corrected chi connectivity index (χ0v) is 15.2. The average molecular weight is 357 g/mol. The van der Waals surface area contributed by atoms with Crippen molar-refractivity contribution in [3.63, 3.8) is 0 Å². The molecule has 26 heavy (non-hydrogen) atoms. The molecule has 1 aliphatic rings. The minimum absolute atomic E-state index is 0.0850. The summed E-state index contributed by atoms with van der Waals surface area (Å²) in [6.07, 6.45) is 1.63. The highest BCUT2D eigenvalue weighted by atomic mass is 19.1. The first kappa shape index (κ1) is 18.4. The SMILES string of the molecule is COc1ccc(C[C@H]2CN(C(=O)c3ccccc3F)CC[C@H]2OC)cc1. The van der Waals surface area contributed by atoms with E-state index in [9.17, 15) is 9.18 Å². The molecule has 2 aromatic carbocycles. The summed E-state index contributed by atoms with van der Waals surface area (Å²) < 4.78 is 24.8. The molecule has 0 N–H and O–H groups in total. The van der Waals surface area contributed by atoms with Crippen LogP contribution in [0.4, 0.5) is 4.39 Å². The molecule has 1 amide bonds. The molecule has 0 aromatic heterocycles. The molecule has 2 atom stereocenters. The molecule has 0 unspecified atom stereocenters. The van der Waals surface area contributed by atoms with Crippen LogP contribution in [0.2, 0.25) is 0 Å². The zero-order chi connectivity index (χ0) is 18.5. The van der Waals surface area contributed by atoms with Crippen LogP contribution in [0, 0.1) is 11.7 Å². The van der Waals surface area contributed by atoms with Crippen molar-refractivity contribution in [3.05, 3.63) is 65.5 Å². The minimum atomic E-state index is -0.474. The van der Waals surface area contributed by atoms with Gasteiger partial charge in [-0.3, -0.25) is 4.79 Å². The first-order valence-electron chi connectivity index (χ1n) is 8.82. The lowest BCUT2D eigenvalue weighted by Gasteiger charge is -2.38. The molecule has 1 saturated heterocycles. The van der Waals surface area contributed by atoms with E-state index in [4.69, 9.17) is 9.47 Å². The fraction of sp³-hybridized carbons (Fsp3) is 0.381. The normalized spacial score (nSPS) is 20.0. The second kappa shape index (κ2) is 8.32. The van der Waals surface area contributed by atoms with E-state index >= 15 is 0 Å². The van der Waals surface area contributed by atoms with Crippen LogP contribution in [0.3, 0.4) is 0 Å². The Balaban J connectivity index is 1.73. The lowest BCUT2D eigenvalue weighted by molar-refractivity contribution is -0.00312. The molecule has 0 bridgehead atoms. The van der Waals surface area contributed by atoms with Crippen molar-refractivity contribution in [3.8, 4) is 5.75 Å². The first-order chi connectivity index (χ1) is 12.6. The van der Waals surface area contributed by atoms with Crippen molar-refractivity contribution in [1.29, 1.82) is 0 Å². The van der Waals surface area contributed by atoms with Gasteiger partial charge in [0.25, 0.3) is 5.91 Å². The Morgan fingerprint density at radius 2 is 1.88 bits per heavy atom. The van der Waals surface area contributed by atoms with Crippen LogP contribution in [-0.4, -0.2) is 44.2 Å². The quantitative estimate of drug-likeness (QED) is 0.821. The summed E-state index contributed by atoms with van der Waals surface area (Å²) in [6.45, 7) is 1.13. The molecule has 0 radical (unpaired) electrons. The summed E-state index contributed by atoms with van der Waals surface area (Å²) in [5.41, 5.74) is 1.30. The maximum Gasteiger partial charge on any atom is 0.256 e. The third kappa shape index (κ3) is 4.05. The highest BCUT2D eigenvalue weighted by molar-refractivity contribution is 5.94. The van der Waals surface area contributed by atoms with Gasteiger partial charge in [0.2, 0.25) is 0 Å². The van der Waals surface area contributed by atoms with E-state index < -0.39 is 5.82 Å². The second-order valence-corrected chi connectivity index (χ2v) is 6.61. The summed E-state index contributed by atoms with van der Waals surface area (Å²) >= 11 is 0. The van der Waals surface area contributed by atoms with Gasteiger partial charge in [0.1, 0.15) is 11.6 Å². The van der Waals surface area contributed by atoms with E-state index in [1.807, 2.05) is 24.3 Å². The molecule has 0 saturated carbocycles. The number of hydrogen-bond acceptors (Lipinski definition) is 3. The number of amides is 1. The molecule has 5 heteroatoms. The molecule has 3 rings (SSSR count). The van der Waals surface area contributed by atoms with Gasteiger partial charge in [-0.2, -0.15) is 0 Å². The molecule has 138 valence electrons. The number of likely N-dealkylation sites (tertiary alicyclic amines) is 1. The third-order valence-electron chi connectivity index (χ3n) is 5.02. The Hall–Kier alpha value is -2.40. The molecule has 2 aromatic rings. The van der Waals surface area contributed by atoms with Gasteiger partial charge in [0.15, 0.2) is 0 Å². The van der Waals surface area contributed by atoms with Gasteiger partial charge < -0.3 is 14.4 Å². The van der Waals surface area contributed by atoms with Gasteiger partial charge in [-0.25, -0.2) is 4.39 Å². The molecule has 0 spiro atoms.